The number of aryl methyl sites for hydroxylation is 1. The van der Waals surface area contributed by atoms with Crippen LogP contribution in [0.2, 0.25) is 0 Å². The van der Waals surface area contributed by atoms with E-state index in [-0.39, 0.29) is 0 Å². The second-order valence-corrected chi connectivity index (χ2v) is 6.02. The molecule has 120 valence electrons. The molecule has 1 aliphatic carbocycles. The third kappa shape index (κ3) is 2.99. The molecule has 1 fully saturated rings. The summed E-state index contributed by atoms with van der Waals surface area (Å²) in [5, 5.41) is 15.9. The fourth-order valence-corrected chi connectivity index (χ4v) is 2.80. The minimum atomic E-state index is -0.900. The Hall–Kier alpha value is -2.56. The molecular formula is C18H21N3O2. The first-order chi connectivity index (χ1) is 11.0. The maximum absolute atomic E-state index is 11.5. The van der Waals surface area contributed by atoms with Gasteiger partial charge < -0.3 is 15.7 Å². The lowest BCUT2D eigenvalue weighted by atomic mass is 9.96. The Kier molecular flexibility index (Phi) is 3.94. The van der Waals surface area contributed by atoms with Crippen molar-refractivity contribution in [2.75, 3.05) is 17.7 Å². The van der Waals surface area contributed by atoms with Crippen molar-refractivity contribution in [2.45, 2.75) is 32.7 Å². The fraction of sp³-hybridized carbons (Fsp3) is 0.333. The summed E-state index contributed by atoms with van der Waals surface area (Å²) in [7, 11) is 1.85. The van der Waals surface area contributed by atoms with Gasteiger partial charge in [0.05, 0.1) is 11.3 Å². The van der Waals surface area contributed by atoms with Crippen LogP contribution in [-0.2, 0) is 0 Å². The summed E-state index contributed by atoms with van der Waals surface area (Å²) in [6.07, 6.45) is 4.02. The number of carboxylic acid groups (broad SMARTS) is 1. The van der Waals surface area contributed by atoms with Gasteiger partial charge in [0.25, 0.3) is 0 Å². The third-order valence-corrected chi connectivity index (χ3v) is 4.25. The average Bonchev–Trinajstić information content (AvgIpc) is 3.33. The minimum Gasteiger partial charge on any atom is -0.478 e. The van der Waals surface area contributed by atoms with E-state index in [2.05, 4.69) is 21.7 Å². The van der Waals surface area contributed by atoms with E-state index in [1.54, 1.807) is 6.07 Å². The lowest BCUT2D eigenvalue weighted by Gasteiger charge is -2.16. The molecule has 1 aromatic carbocycles. The van der Waals surface area contributed by atoms with Gasteiger partial charge in [-0.3, -0.25) is 0 Å². The standard InChI is InChI=1S/C18H21N3O2/c1-10-8-12(9-20-17(10)19-3)14-6-7-15(18(22)23)16(11(14)2)21-13-4-5-13/h6-9,13,21H,4-5H2,1-3H3,(H,19,20)(H,22,23). The Labute approximate surface area is 135 Å². The second-order valence-electron chi connectivity index (χ2n) is 6.02. The topological polar surface area (TPSA) is 74.2 Å². The summed E-state index contributed by atoms with van der Waals surface area (Å²) in [5.74, 6) is -0.0486. The highest BCUT2D eigenvalue weighted by molar-refractivity contribution is 5.97. The molecule has 1 heterocycles. The summed E-state index contributed by atoms with van der Waals surface area (Å²) in [6, 6.07) is 6.01. The Bertz CT molecular complexity index is 767. The number of hydrogen-bond donors (Lipinski definition) is 3. The van der Waals surface area contributed by atoms with Crippen LogP contribution in [-0.4, -0.2) is 29.1 Å². The van der Waals surface area contributed by atoms with Crippen molar-refractivity contribution in [3.8, 4) is 11.1 Å². The van der Waals surface area contributed by atoms with Crippen molar-refractivity contribution in [1.29, 1.82) is 0 Å². The van der Waals surface area contributed by atoms with Crippen molar-refractivity contribution < 1.29 is 9.90 Å². The molecule has 23 heavy (non-hydrogen) atoms. The number of aromatic carboxylic acids is 1. The number of benzene rings is 1. The molecule has 1 saturated carbocycles. The Balaban J connectivity index is 2.09. The molecular weight excluding hydrogens is 290 g/mol. The zero-order valence-electron chi connectivity index (χ0n) is 13.6. The second kappa shape index (κ2) is 5.91. The van der Waals surface area contributed by atoms with Crippen LogP contribution in [0.15, 0.2) is 24.4 Å². The number of carbonyl (C=O) groups is 1. The van der Waals surface area contributed by atoms with Crippen LogP contribution in [0.4, 0.5) is 11.5 Å². The zero-order chi connectivity index (χ0) is 16.6. The number of pyridine rings is 1. The zero-order valence-corrected chi connectivity index (χ0v) is 13.6. The lowest BCUT2D eigenvalue weighted by Crippen LogP contribution is -2.10. The molecule has 0 atom stereocenters. The molecule has 0 amide bonds. The van der Waals surface area contributed by atoms with Crippen LogP contribution in [0.5, 0.6) is 0 Å². The van der Waals surface area contributed by atoms with Crippen molar-refractivity contribution in [3.05, 3.63) is 41.1 Å². The predicted octanol–water partition coefficient (Wildman–Crippen LogP) is 3.68. The van der Waals surface area contributed by atoms with Gasteiger partial charge in [0, 0.05) is 24.8 Å². The number of nitrogens with zero attached hydrogens (tertiary/aromatic N) is 1. The van der Waals surface area contributed by atoms with E-state index in [4.69, 9.17) is 0 Å². The quantitative estimate of drug-likeness (QED) is 0.785. The van der Waals surface area contributed by atoms with Crippen LogP contribution in [0.1, 0.15) is 34.3 Å². The van der Waals surface area contributed by atoms with Gasteiger partial charge in [-0.05, 0) is 55.5 Å². The Morgan fingerprint density at radius 3 is 2.61 bits per heavy atom. The van der Waals surface area contributed by atoms with E-state index in [1.165, 1.54) is 0 Å². The number of carboxylic acids is 1. The molecule has 1 aromatic heterocycles. The molecule has 0 spiro atoms. The van der Waals surface area contributed by atoms with Gasteiger partial charge in [0.1, 0.15) is 5.82 Å². The molecule has 5 nitrogen and oxygen atoms in total. The highest BCUT2D eigenvalue weighted by Gasteiger charge is 2.25. The highest BCUT2D eigenvalue weighted by Crippen LogP contribution is 2.35. The van der Waals surface area contributed by atoms with Gasteiger partial charge in [0.2, 0.25) is 0 Å². The lowest BCUT2D eigenvalue weighted by molar-refractivity contribution is 0.0698. The highest BCUT2D eigenvalue weighted by atomic mass is 16.4. The van der Waals surface area contributed by atoms with Crippen molar-refractivity contribution in [3.63, 3.8) is 0 Å². The van der Waals surface area contributed by atoms with Crippen molar-refractivity contribution in [2.24, 2.45) is 0 Å². The van der Waals surface area contributed by atoms with E-state index in [1.807, 2.05) is 33.2 Å². The minimum absolute atomic E-state index is 0.328. The number of anilines is 2. The molecule has 0 aliphatic heterocycles. The first-order valence-corrected chi connectivity index (χ1v) is 7.79. The van der Waals surface area contributed by atoms with Crippen LogP contribution in [0.3, 0.4) is 0 Å². The van der Waals surface area contributed by atoms with Gasteiger partial charge in [-0.2, -0.15) is 0 Å². The molecule has 1 aliphatic rings. The van der Waals surface area contributed by atoms with Gasteiger partial charge >= 0.3 is 5.97 Å². The molecule has 0 radical (unpaired) electrons. The van der Waals surface area contributed by atoms with Crippen LogP contribution in [0.25, 0.3) is 11.1 Å². The smallest absolute Gasteiger partial charge is 0.337 e. The van der Waals surface area contributed by atoms with Gasteiger partial charge in [-0.1, -0.05) is 6.07 Å². The molecule has 2 aromatic rings. The predicted molar refractivity (Wildman–Crippen MR) is 92.3 cm³/mol. The third-order valence-electron chi connectivity index (χ3n) is 4.25. The molecule has 3 rings (SSSR count). The summed E-state index contributed by atoms with van der Waals surface area (Å²) < 4.78 is 0. The SMILES string of the molecule is CNc1ncc(-c2ccc(C(=O)O)c(NC3CC3)c2C)cc1C. The van der Waals surface area contributed by atoms with Gasteiger partial charge in [-0.15, -0.1) is 0 Å². The van der Waals surface area contributed by atoms with Crippen molar-refractivity contribution >= 4 is 17.5 Å². The van der Waals surface area contributed by atoms with Crippen LogP contribution >= 0.6 is 0 Å². The van der Waals surface area contributed by atoms with E-state index in [0.717, 1.165) is 46.6 Å². The van der Waals surface area contributed by atoms with E-state index in [0.29, 0.717) is 11.6 Å². The van der Waals surface area contributed by atoms with E-state index < -0.39 is 5.97 Å². The van der Waals surface area contributed by atoms with E-state index in [9.17, 15) is 9.90 Å². The van der Waals surface area contributed by atoms with Crippen LogP contribution in [0, 0.1) is 13.8 Å². The summed E-state index contributed by atoms with van der Waals surface area (Å²) >= 11 is 0. The molecule has 0 saturated heterocycles. The summed E-state index contributed by atoms with van der Waals surface area (Å²) in [5.41, 5.74) is 5.08. The maximum Gasteiger partial charge on any atom is 0.337 e. The number of rotatable bonds is 5. The molecule has 0 bridgehead atoms. The normalized spacial score (nSPS) is 13.7. The monoisotopic (exact) mass is 311 g/mol. The Morgan fingerprint density at radius 2 is 2.04 bits per heavy atom. The summed E-state index contributed by atoms with van der Waals surface area (Å²) in [4.78, 5) is 15.9. The first-order valence-electron chi connectivity index (χ1n) is 7.79. The van der Waals surface area contributed by atoms with Crippen molar-refractivity contribution in [1.82, 2.24) is 4.98 Å². The fourth-order valence-electron chi connectivity index (χ4n) is 2.80. The maximum atomic E-state index is 11.5. The molecule has 0 unspecified atom stereocenters. The van der Waals surface area contributed by atoms with Gasteiger partial charge in [-0.25, -0.2) is 9.78 Å². The average molecular weight is 311 g/mol. The molecule has 5 heteroatoms. The Morgan fingerprint density at radius 1 is 1.30 bits per heavy atom. The van der Waals surface area contributed by atoms with Crippen LogP contribution < -0.4 is 10.6 Å². The number of hydrogen-bond acceptors (Lipinski definition) is 4. The van der Waals surface area contributed by atoms with Gasteiger partial charge in [0.15, 0.2) is 0 Å². The molecule has 3 N–H and O–H groups in total. The number of nitrogens with one attached hydrogen (secondary N) is 2. The first kappa shape index (κ1) is 15.3. The summed E-state index contributed by atoms with van der Waals surface area (Å²) in [6.45, 7) is 3.97. The largest absolute Gasteiger partial charge is 0.478 e. The van der Waals surface area contributed by atoms with E-state index >= 15 is 0 Å². The number of aromatic nitrogens is 1.